The van der Waals surface area contributed by atoms with Gasteiger partial charge in [-0.05, 0) is 43.7 Å². The van der Waals surface area contributed by atoms with Gasteiger partial charge in [-0.15, -0.1) is 0 Å². The van der Waals surface area contributed by atoms with E-state index < -0.39 is 23.6 Å². The molecule has 0 aromatic heterocycles. The van der Waals surface area contributed by atoms with Crippen LogP contribution in [0.2, 0.25) is 0 Å². The van der Waals surface area contributed by atoms with Gasteiger partial charge in [-0.1, -0.05) is 45.2 Å². The van der Waals surface area contributed by atoms with Gasteiger partial charge in [0.1, 0.15) is 11.6 Å². The van der Waals surface area contributed by atoms with Crippen LogP contribution in [0.1, 0.15) is 70.5 Å². The molecule has 1 fully saturated rings. The predicted molar refractivity (Wildman–Crippen MR) is 113 cm³/mol. The second-order valence-electron chi connectivity index (χ2n) is 8.08. The molecule has 164 valence electrons. The van der Waals surface area contributed by atoms with E-state index in [4.69, 9.17) is 9.47 Å². The molecule has 1 heterocycles. The number of hydrogen-bond acceptors (Lipinski definition) is 2. The average molecular weight is 421 g/mol. The van der Waals surface area contributed by atoms with E-state index in [9.17, 15) is 13.2 Å². The smallest absolute Gasteiger partial charge is 0.167 e. The molecule has 5 heteroatoms. The first-order chi connectivity index (χ1) is 14.5. The molecule has 0 aliphatic carbocycles. The van der Waals surface area contributed by atoms with Crippen LogP contribution in [0.25, 0.3) is 11.1 Å². The van der Waals surface area contributed by atoms with Crippen LogP contribution in [0.15, 0.2) is 30.3 Å². The van der Waals surface area contributed by atoms with E-state index in [1.807, 2.05) is 6.92 Å². The van der Waals surface area contributed by atoms with Gasteiger partial charge in [0.25, 0.3) is 0 Å². The number of rotatable bonds is 9. The van der Waals surface area contributed by atoms with Gasteiger partial charge in [0.05, 0.1) is 19.3 Å². The van der Waals surface area contributed by atoms with Crippen molar-refractivity contribution in [1.82, 2.24) is 0 Å². The Morgan fingerprint density at radius 1 is 0.933 bits per heavy atom. The van der Waals surface area contributed by atoms with Crippen molar-refractivity contribution in [3.63, 3.8) is 0 Å². The van der Waals surface area contributed by atoms with Gasteiger partial charge < -0.3 is 9.47 Å². The summed E-state index contributed by atoms with van der Waals surface area (Å²) in [6, 6.07) is 7.20. The lowest BCUT2D eigenvalue weighted by Crippen LogP contribution is -2.21. The van der Waals surface area contributed by atoms with Crippen molar-refractivity contribution in [3.05, 3.63) is 53.3 Å². The van der Waals surface area contributed by atoms with Gasteiger partial charge >= 0.3 is 0 Å². The molecule has 0 bridgehead atoms. The van der Waals surface area contributed by atoms with Gasteiger partial charge in [0, 0.05) is 22.8 Å². The summed E-state index contributed by atoms with van der Waals surface area (Å²) >= 11 is 0. The van der Waals surface area contributed by atoms with Crippen LogP contribution in [0.5, 0.6) is 5.75 Å². The minimum Gasteiger partial charge on any atom is -0.493 e. The van der Waals surface area contributed by atoms with E-state index in [1.54, 1.807) is 6.07 Å². The van der Waals surface area contributed by atoms with E-state index >= 15 is 0 Å². The van der Waals surface area contributed by atoms with Crippen LogP contribution in [-0.4, -0.2) is 13.2 Å². The van der Waals surface area contributed by atoms with Gasteiger partial charge in [-0.2, -0.15) is 0 Å². The van der Waals surface area contributed by atoms with Gasteiger partial charge in [-0.3, -0.25) is 0 Å². The molecule has 1 aliphatic rings. The van der Waals surface area contributed by atoms with Gasteiger partial charge in [0.2, 0.25) is 0 Å². The maximum atomic E-state index is 14.8. The lowest BCUT2D eigenvalue weighted by molar-refractivity contribution is -0.0217. The van der Waals surface area contributed by atoms with Crippen LogP contribution >= 0.6 is 0 Å². The van der Waals surface area contributed by atoms with Crippen molar-refractivity contribution in [3.8, 4) is 16.9 Å². The fourth-order valence-corrected chi connectivity index (χ4v) is 3.93. The highest BCUT2D eigenvalue weighted by atomic mass is 19.2. The summed E-state index contributed by atoms with van der Waals surface area (Å²) in [6.45, 7) is 5.26. The van der Waals surface area contributed by atoms with E-state index in [2.05, 4.69) is 6.92 Å². The second-order valence-corrected chi connectivity index (χ2v) is 8.08. The predicted octanol–water partition coefficient (Wildman–Crippen LogP) is 7.61. The monoisotopic (exact) mass is 420 g/mol. The highest BCUT2D eigenvalue weighted by molar-refractivity contribution is 5.66. The Morgan fingerprint density at radius 3 is 2.37 bits per heavy atom. The molecule has 2 atom stereocenters. The molecule has 1 aliphatic heterocycles. The summed E-state index contributed by atoms with van der Waals surface area (Å²) in [7, 11) is 0. The van der Waals surface area contributed by atoms with Crippen LogP contribution in [0.4, 0.5) is 13.2 Å². The molecular formula is C25H31F3O2. The molecule has 2 unspecified atom stereocenters. The Hall–Kier alpha value is -2.01. The van der Waals surface area contributed by atoms with Crippen LogP contribution in [0, 0.1) is 23.4 Å². The molecule has 0 spiro atoms. The molecule has 0 saturated carbocycles. The normalized spacial score (nSPS) is 19.1. The molecule has 0 N–H and O–H groups in total. The van der Waals surface area contributed by atoms with Crippen molar-refractivity contribution in [2.75, 3.05) is 13.2 Å². The van der Waals surface area contributed by atoms with Crippen LogP contribution in [0.3, 0.4) is 0 Å². The zero-order valence-corrected chi connectivity index (χ0v) is 17.9. The number of halogens is 3. The van der Waals surface area contributed by atoms with E-state index in [0.717, 1.165) is 38.5 Å². The third-order valence-corrected chi connectivity index (χ3v) is 5.79. The lowest BCUT2D eigenvalue weighted by atomic mass is 9.90. The Morgan fingerprint density at radius 2 is 1.70 bits per heavy atom. The third-order valence-electron chi connectivity index (χ3n) is 5.79. The fraction of sp³-hybridized carbons (Fsp3) is 0.520. The van der Waals surface area contributed by atoms with Crippen LogP contribution < -0.4 is 4.74 Å². The second kappa shape index (κ2) is 10.9. The fourth-order valence-electron chi connectivity index (χ4n) is 3.93. The Labute approximate surface area is 177 Å². The first-order valence-corrected chi connectivity index (χ1v) is 11.1. The summed E-state index contributed by atoms with van der Waals surface area (Å²) < 4.78 is 55.6. The van der Waals surface area contributed by atoms with E-state index in [1.165, 1.54) is 24.3 Å². The zero-order chi connectivity index (χ0) is 21.5. The topological polar surface area (TPSA) is 18.5 Å². The maximum Gasteiger partial charge on any atom is 0.167 e. The first-order valence-electron chi connectivity index (χ1n) is 11.1. The SMILES string of the molecule is CCCCOc1ccc(-c2ccc(C3CCC(CCCC)CO3)c(F)c2F)c(F)c1. The minimum absolute atomic E-state index is 0.0185. The Bertz CT molecular complexity index is 829. The summed E-state index contributed by atoms with van der Waals surface area (Å²) in [5, 5.41) is 0. The van der Waals surface area contributed by atoms with Crippen molar-refractivity contribution in [1.29, 1.82) is 0 Å². The molecule has 0 amide bonds. The molecule has 3 rings (SSSR count). The molecule has 0 radical (unpaired) electrons. The van der Waals surface area contributed by atoms with Crippen molar-refractivity contribution < 1.29 is 22.6 Å². The third kappa shape index (κ3) is 5.37. The molecule has 2 aromatic rings. The molecule has 2 nitrogen and oxygen atoms in total. The standard InChI is InChI=1S/C25H31F3O2/c1-3-5-7-17-8-13-23(30-16-17)21-12-11-20(24(27)25(21)28)19-10-9-18(15-22(19)26)29-14-6-4-2/h9-12,15,17,23H,3-8,13-14,16H2,1-2H3. The van der Waals surface area contributed by atoms with Crippen LogP contribution in [-0.2, 0) is 4.74 Å². The number of benzene rings is 2. The minimum atomic E-state index is -1.04. The van der Waals surface area contributed by atoms with Crippen molar-refractivity contribution in [2.45, 2.75) is 64.9 Å². The summed E-state index contributed by atoms with van der Waals surface area (Å²) in [4.78, 5) is 0. The van der Waals surface area contributed by atoms with Gasteiger partial charge in [-0.25, -0.2) is 13.2 Å². The first kappa shape index (κ1) is 22.7. The number of ether oxygens (including phenoxy) is 2. The molecule has 2 aromatic carbocycles. The highest BCUT2D eigenvalue weighted by Crippen LogP contribution is 2.37. The van der Waals surface area contributed by atoms with Crippen molar-refractivity contribution >= 4 is 0 Å². The molecular weight excluding hydrogens is 389 g/mol. The molecule has 1 saturated heterocycles. The van der Waals surface area contributed by atoms with Crippen molar-refractivity contribution in [2.24, 2.45) is 5.92 Å². The zero-order valence-electron chi connectivity index (χ0n) is 17.9. The molecule has 30 heavy (non-hydrogen) atoms. The summed E-state index contributed by atoms with van der Waals surface area (Å²) in [6.07, 6.45) is 6.41. The number of hydrogen-bond donors (Lipinski definition) is 0. The maximum absolute atomic E-state index is 14.8. The van der Waals surface area contributed by atoms with E-state index in [-0.39, 0.29) is 16.7 Å². The largest absolute Gasteiger partial charge is 0.493 e. The lowest BCUT2D eigenvalue weighted by Gasteiger charge is -2.29. The summed E-state index contributed by atoms with van der Waals surface area (Å²) in [5.41, 5.74) is 0.139. The number of unbranched alkanes of at least 4 members (excludes halogenated alkanes) is 2. The van der Waals surface area contributed by atoms with E-state index in [0.29, 0.717) is 31.3 Å². The summed E-state index contributed by atoms with van der Waals surface area (Å²) in [5.74, 6) is -1.76. The Balaban J connectivity index is 1.74. The quantitative estimate of drug-likeness (QED) is 0.389. The average Bonchev–Trinajstić information content (AvgIpc) is 2.75. The highest BCUT2D eigenvalue weighted by Gasteiger charge is 2.27. The van der Waals surface area contributed by atoms with Gasteiger partial charge in [0.15, 0.2) is 11.6 Å². The Kier molecular flexibility index (Phi) is 8.20.